The summed E-state index contributed by atoms with van der Waals surface area (Å²) in [6.45, 7) is 4.79. The maximum Gasteiger partial charge on any atom is 0.329 e. The molecule has 1 atom stereocenters. The highest BCUT2D eigenvalue weighted by molar-refractivity contribution is 9.10. The first kappa shape index (κ1) is 21.1. The Bertz CT molecular complexity index is 903. The van der Waals surface area contributed by atoms with Gasteiger partial charge >= 0.3 is 6.03 Å². The van der Waals surface area contributed by atoms with Gasteiger partial charge in [-0.15, -0.1) is 0 Å². The Kier molecular flexibility index (Phi) is 6.44. The molecule has 7 nitrogen and oxygen atoms in total. The number of anilines is 2. The van der Waals surface area contributed by atoms with Crippen LogP contribution in [-0.4, -0.2) is 30.2 Å². The third-order valence-corrected chi connectivity index (χ3v) is 5.16. The number of nitrogens with zero attached hydrogens (tertiary/aromatic N) is 1. The molecule has 1 aliphatic rings. The zero-order chi connectivity index (χ0) is 21.0. The van der Waals surface area contributed by atoms with Crippen molar-refractivity contribution in [1.29, 1.82) is 0 Å². The van der Waals surface area contributed by atoms with Gasteiger partial charge in [0, 0.05) is 22.3 Å². The fourth-order valence-electron chi connectivity index (χ4n) is 3.24. The van der Waals surface area contributed by atoms with Gasteiger partial charge in [-0.1, -0.05) is 29.3 Å². The SMILES string of the molecule is CCCCNC(=O)C1(O)c2cc(Br)ccc2NC(=O)N1c1ccc(OCC)cc1. The Balaban J connectivity index is 2.09. The second kappa shape index (κ2) is 8.84. The smallest absolute Gasteiger partial charge is 0.329 e. The molecular formula is C21H24BrN3O4. The summed E-state index contributed by atoms with van der Waals surface area (Å²) < 4.78 is 6.12. The number of ether oxygens (including phenoxy) is 1. The number of halogens is 1. The molecule has 2 aromatic carbocycles. The highest BCUT2D eigenvalue weighted by Crippen LogP contribution is 2.41. The monoisotopic (exact) mass is 461 g/mol. The molecule has 0 aliphatic carbocycles. The predicted octanol–water partition coefficient (Wildman–Crippen LogP) is 3.96. The molecule has 0 saturated heterocycles. The number of aliphatic hydroxyl groups is 1. The van der Waals surface area contributed by atoms with Gasteiger partial charge in [-0.25, -0.2) is 4.79 Å². The summed E-state index contributed by atoms with van der Waals surface area (Å²) in [5, 5.41) is 17.2. The Hall–Kier alpha value is -2.58. The van der Waals surface area contributed by atoms with Gasteiger partial charge in [-0.2, -0.15) is 0 Å². The molecule has 29 heavy (non-hydrogen) atoms. The van der Waals surface area contributed by atoms with Crippen LogP contribution in [0.1, 0.15) is 32.3 Å². The van der Waals surface area contributed by atoms with E-state index in [9.17, 15) is 14.7 Å². The van der Waals surface area contributed by atoms with Crippen LogP contribution in [-0.2, 0) is 10.5 Å². The van der Waals surface area contributed by atoms with Crippen molar-refractivity contribution in [3.05, 3.63) is 52.5 Å². The third-order valence-electron chi connectivity index (χ3n) is 4.66. The van der Waals surface area contributed by atoms with E-state index in [1.54, 1.807) is 42.5 Å². The van der Waals surface area contributed by atoms with E-state index in [-0.39, 0.29) is 5.56 Å². The van der Waals surface area contributed by atoms with Crippen LogP contribution in [0.4, 0.5) is 16.2 Å². The van der Waals surface area contributed by atoms with Gasteiger partial charge in [0.25, 0.3) is 11.6 Å². The number of amides is 3. The first-order chi connectivity index (χ1) is 13.9. The fraction of sp³-hybridized carbons (Fsp3) is 0.333. The van der Waals surface area contributed by atoms with E-state index < -0.39 is 17.7 Å². The van der Waals surface area contributed by atoms with Crippen LogP contribution in [0.15, 0.2) is 46.9 Å². The Morgan fingerprint density at radius 2 is 1.97 bits per heavy atom. The summed E-state index contributed by atoms with van der Waals surface area (Å²) in [4.78, 5) is 27.1. The van der Waals surface area contributed by atoms with E-state index in [0.29, 0.717) is 34.7 Å². The molecule has 0 bridgehead atoms. The number of carbonyl (C=O) groups excluding carboxylic acids is 2. The number of unbranched alkanes of at least 4 members (excludes halogenated alkanes) is 1. The van der Waals surface area contributed by atoms with E-state index in [1.807, 2.05) is 13.8 Å². The lowest BCUT2D eigenvalue weighted by Crippen LogP contribution is -2.62. The van der Waals surface area contributed by atoms with Crippen LogP contribution < -0.4 is 20.3 Å². The highest BCUT2D eigenvalue weighted by Gasteiger charge is 2.52. The number of nitrogens with one attached hydrogen (secondary N) is 2. The lowest BCUT2D eigenvalue weighted by atomic mass is 9.94. The molecule has 1 aliphatic heterocycles. The molecule has 3 N–H and O–H groups in total. The van der Waals surface area contributed by atoms with Gasteiger partial charge in [0.1, 0.15) is 5.75 Å². The highest BCUT2D eigenvalue weighted by atomic mass is 79.9. The first-order valence-electron chi connectivity index (χ1n) is 9.56. The lowest BCUT2D eigenvalue weighted by molar-refractivity contribution is -0.140. The summed E-state index contributed by atoms with van der Waals surface area (Å²) >= 11 is 3.38. The molecule has 0 radical (unpaired) electrons. The average Bonchev–Trinajstić information content (AvgIpc) is 2.70. The third kappa shape index (κ3) is 4.09. The van der Waals surface area contributed by atoms with Crippen molar-refractivity contribution in [3.63, 3.8) is 0 Å². The number of rotatable bonds is 7. The minimum Gasteiger partial charge on any atom is -0.494 e. The molecule has 0 fully saturated rings. The zero-order valence-electron chi connectivity index (χ0n) is 16.4. The molecule has 8 heteroatoms. The van der Waals surface area contributed by atoms with Gasteiger partial charge in [0.15, 0.2) is 0 Å². The van der Waals surface area contributed by atoms with Gasteiger partial charge in [-0.3, -0.25) is 9.69 Å². The molecule has 1 unspecified atom stereocenters. The van der Waals surface area contributed by atoms with Crippen molar-refractivity contribution in [2.45, 2.75) is 32.4 Å². The molecular weight excluding hydrogens is 438 g/mol. The number of carbonyl (C=O) groups is 2. The van der Waals surface area contributed by atoms with Crippen molar-refractivity contribution in [3.8, 4) is 5.75 Å². The maximum atomic E-state index is 13.1. The van der Waals surface area contributed by atoms with Crippen molar-refractivity contribution < 1.29 is 19.4 Å². The molecule has 1 heterocycles. The second-order valence-corrected chi connectivity index (χ2v) is 7.58. The topological polar surface area (TPSA) is 90.9 Å². The summed E-state index contributed by atoms with van der Waals surface area (Å²) in [6.07, 6.45) is 1.66. The van der Waals surface area contributed by atoms with Gasteiger partial charge in [0.05, 0.1) is 12.3 Å². The van der Waals surface area contributed by atoms with Gasteiger partial charge in [0.2, 0.25) is 0 Å². The summed E-state index contributed by atoms with van der Waals surface area (Å²) in [5.74, 6) is -0.0261. The molecule has 0 spiro atoms. The van der Waals surface area contributed by atoms with E-state index in [0.717, 1.165) is 17.7 Å². The van der Waals surface area contributed by atoms with Crippen molar-refractivity contribution in [2.75, 3.05) is 23.4 Å². The lowest BCUT2D eigenvalue weighted by Gasteiger charge is -2.42. The van der Waals surface area contributed by atoms with Crippen LogP contribution in [0.5, 0.6) is 5.75 Å². The van der Waals surface area contributed by atoms with Gasteiger partial charge in [-0.05, 0) is 55.8 Å². The quantitative estimate of drug-likeness (QED) is 0.544. The van der Waals surface area contributed by atoms with E-state index >= 15 is 0 Å². The van der Waals surface area contributed by atoms with Crippen molar-refractivity contribution >= 4 is 39.2 Å². The summed E-state index contributed by atoms with van der Waals surface area (Å²) in [7, 11) is 0. The van der Waals surface area contributed by atoms with Crippen LogP contribution in [0.3, 0.4) is 0 Å². The number of fused-ring (bicyclic) bond motifs is 1. The average molecular weight is 462 g/mol. The molecule has 3 amide bonds. The Labute approximate surface area is 178 Å². The van der Waals surface area contributed by atoms with Crippen molar-refractivity contribution in [1.82, 2.24) is 5.32 Å². The molecule has 154 valence electrons. The fourth-order valence-corrected chi connectivity index (χ4v) is 3.60. The summed E-state index contributed by atoms with van der Waals surface area (Å²) in [5.41, 5.74) is -1.17. The predicted molar refractivity (Wildman–Crippen MR) is 115 cm³/mol. The largest absolute Gasteiger partial charge is 0.494 e. The van der Waals surface area contributed by atoms with Crippen LogP contribution in [0, 0.1) is 0 Å². The zero-order valence-corrected chi connectivity index (χ0v) is 18.0. The maximum absolute atomic E-state index is 13.1. The van der Waals surface area contributed by atoms with E-state index in [1.165, 1.54) is 0 Å². The Morgan fingerprint density at radius 3 is 2.62 bits per heavy atom. The normalized spacial score (nSPS) is 18.1. The number of urea groups is 1. The molecule has 2 aromatic rings. The number of hydrogen-bond acceptors (Lipinski definition) is 4. The van der Waals surface area contributed by atoms with Crippen LogP contribution >= 0.6 is 15.9 Å². The molecule has 3 rings (SSSR count). The van der Waals surface area contributed by atoms with E-state index in [2.05, 4.69) is 26.6 Å². The standard InChI is InChI=1S/C21H24BrN3O4/c1-3-5-12-23-19(26)21(28)17-13-14(22)6-11-18(17)24-20(27)25(21)15-7-9-16(10-8-15)29-4-2/h6-11,13,28H,3-5,12H2,1-2H3,(H,23,26)(H,24,27). The van der Waals surface area contributed by atoms with E-state index in [4.69, 9.17) is 4.74 Å². The van der Waals surface area contributed by atoms with Crippen LogP contribution in [0.25, 0.3) is 0 Å². The Morgan fingerprint density at radius 1 is 1.24 bits per heavy atom. The first-order valence-corrected chi connectivity index (χ1v) is 10.4. The minimum absolute atomic E-state index is 0.286. The molecule has 0 saturated carbocycles. The minimum atomic E-state index is -2.21. The number of benzene rings is 2. The number of hydrogen-bond donors (Lipinski definition) is 3. The van der Waals surface area contributed by atoms with Crippen molar-refractivity contribution in [2.24, 2.45) is 0 Å². The molecule has 0 aromatic heterocycles. The second-order valence-electron chi connectivity index (χ2n) is 6.66. The summed E-state index contributed by atoms with van der Waals surface area (Å²) in [6, 6.07) is 11.1. The van der Waals surface area contributed by atoms with Crippen LogP contribution in [0.2, 0.25) is 0 Å². The van der Waals surface area contributed by atoms with Gasteiger partial charge < -0.3 is 20.5 Å².